The predicted octanol–water partition coefficient (Wildman–Crippen LogP) is 3.28. The molecule has 3 heterocycles. The number of ether oxygens (including phenoxy) is 1. The zero-order chi connectivity index (χ0) is 19.5. The first-order valence-corrected chi connectivity index (χ1v) is 9.72. The molecule has 0 saturated carbocycles. The number of nitrogens with zero attached hydrogens (tertiary/aromatic N) is 5. The third-order valence-electron chi connectivity index (χ3n) is 4.55. The molecule has 0 radical (unpaired) electrons. The van der Waals surface area contributed by atoms with Crippen molar-refractivity contribution in [3.63, 3.8) is 0 Å². The summed E-state index contributed by atoms with van der Waals surface area (Å²) in [5.74, 6) is 0.796. The van der Waals surface area contributed by atoms with Crippen molar-refractivity contribution in [2.45, 2.75) is 25.8 Å². The number of aryl methyl sites for hydroxylation is 1. The van der Waals surface area contributed by atoms with E-state index in [9.17, 15) is 4.79 Å². The molecule has 144 valence electrons. The summed E-state index contributed by atoms with van der Waals surface area (Å²) >= 11 is 3.29. The van der Waals surface area contributed by atoms with Crippen molar-refractivity contribution in [2.24, 2.45) is 0 Å². The van der Waals surface area contributed by atoms with Gasteiger partial charge >= 0.3 is 6.01 Å². The third kappa shape index (κ3) is 3.89. The van der Waals surface area contributed by atoms with Crippen molar-refractivity contribution in [3.05, 3.63) is 52.5 Å². The lowest BCUT2D eigenvalue weighted by Gasteiger charge is -2.25. The van der Waals surface area contributed by atoms with E-state index < -0.39 is 0 Å². The van der Waals surface area contributed by atoms with Gasteiger partial charge in [-0.05, 0) is 47.8 Å². The fourth-order valence-electron chi connectivity index (χ4n) is 3.24. The van der Waals surface area contributed by atoms with Crippen LogP contribution >= 0.6 is 15.9 Å². The van der Waals surface area contributed by atoms with E-state index in [0.717, 1.165) is 17.3 Å². The largest absolute Gasteiger partial charge is 0.461 e. The number of hydrogen-bond acceptors (Lipinski definition) is 7. The van der Waals surface area contributed by atoms with E-state index in [0.29, 0.717) is 42.0 Å². The Morgan fingerprint density at radius 2 is 2.11 bits per heavy atom. The number of likely N-dealkylation sites (tertiary alicyclic amines) is 1. The summed E-state index contributed by atoms with van der Waals surface area (Å²) in [4.78, 5) is 27.6. The van der Waals surface area contributed by atoms with E-state index in [4.69, 9.17) is 9.26 Å². The number of carbonyl (C=O) groups excluding carboxylic acids is 1. The maximum absolute atomic E-state index is 13.3. The average Bonchev–Trinajstić information content (AvgIpc) is 3.36. The summed E-state index contributed by atoms with van der Waals surface area (Å²) in [7, 11) is 0. The molecule has 1 aliphatic rings. The molecule has 1 aliphatic heterocycles. The van der Waals surface area contributed by atoms with Gasteiger partial charge in [0, 0.05) is 18.9 Å². The Hall–Kier alpha value is -2.81. The van der Waals surface area contributed by atoms with Gasteiger partial charge in [0.15, 0.2) is 5.82 Å². The zero-order valence-corrected chi connectivity index (χ0v) is 16.8. The van der Waals surface area contributed by atoms with Crippen LogP contribution in [0.1, 0.15) is 29.0 Å². The fourth-order valence-corrected chi connectivity index (χ4v) is 3.44. The topological polar surface area (TPSA) is 94.2 Å². The first-order chi connectivity index (χ1) is 13.6. The van der Waals surface area contributed by atoms with Crippen LogP contribution in [0.15, 0.2) is 45.7 Å². The number of halogens is 1. The molecule has 1 fully saturated rings. The summed E-state index contributed by atoms with van der Waals surface area (Å²) in [5, 5.41) is 3.83. The van der Waals surface area contributed by atoms with Crippen molar-refractivity contribution in [1.29, 1.82) is 0 Å². The first kappa shape index (κ1) is 18.5. The minimum absolute atomic E-state index is 0.0442. The molecule has 0 bridgehead atoms. The number of benzene rings is 1. The molecule has 1 unspecified atom stereocenters. The van der Waals surface area contributed by atoms with Crippen LogP contribution in [0.2, 0.25) is 0 Å². The van der Waals surface area contributed by atoms with E-state index in [1.54, 1.807) is 25.4 Å². The zero-order valence-electron chi connectivity index (χ0n) is 15.2. The van der Waals surface area contributed by atoms with Crippen molar-refractivity contribution >= 4 is 21.8 Å². The minimum Gasteiger partial charge on any atom is -0.461 e. The van der Waals surface area contributed by atoms with E-state index in [2.05, 4.69) is 36.0 Å². The van der Waals surface area contributed by atoms with Gasteiger partial charge in [-0.1, -0.05) is 17.3 Å². The van der Waals surface area contributed by atoms with Crippen LogP contribution in [0.3, 0.4) is 0 Å². The molecular weight excluding hydrogens is 426 g/mol. The average molecular weight is 444 g/mol. The van der Waals surface area contributed by atoms with Crippen LogP contribution in [0.5, 0.6) is 6.01 Å². The van der Waals surface area contributed by atoms with Crippen LogP contribution in [0.25, 0.3) is 11.5 Å². The Labute approximate surface area is 170 Å². The molecule has 1 amide bonds. The second kappa shape index (κ2) is 8.05. The monoisotopic (exact) mass is 443 g/mol. The number of aromatic nitrogens is 4. The highest BCUT2D eigenvalue weighted by Crippen LogP contribution is 2.27. The van der Waals surface area contributed by atoms with E-state index in [-0.39, 0.29) is 11.9 Å². The molecule has 8 nitrogen and oxygen atoms in total. The fraction of sp³-hybridized carbons (Fsp3) is 0.316. The van der Waals surface area contributed by atoms with Gasteiger partial charge in [-0.2, -0.15) is 4.98 Å². The highest BCUT2D eigenvalue weighted by Gasteiger charge is 2.32. The lowest BCUT2D eigenvalue weighted by atomic mass is 10.1. The number of rotatable bonds is 5. The molecule has 1 atom stereocenters. The van der Waals surface area contributed by atoms with Crippen molar-refractivity contribution in [2.75, 3.05) is 13.2 Å². The maximum atomic E-state index is 13.3. The molecular formula is C19H18BrN5O3. The van der Waals surface area contributed by atoms with Crippen LogP contribution < -0.4 is 4.74 Å². The molecule has 4 rings (SSSR count). The standard InChI is InChI=1S/C19H18BrN5O3/c1-12-23-17(28-24-12)15-6-2-3-7-16(15)18(26)25-8-4-5-14(25)11-27-19-21-9-13(20)10-22-19/h2-3,6-7,9-10,14H,4-5,8,11H2,1H3. The van der Waals surface area contributed by atoms with Gasteiger partial charge in [0.1, 0.15) is 6.61 Å². The van der Waals surface area contributed by atoms with Gasteiger partial charge < -0.3 is 14.2 Å². The molecule has 2 aromatic heterocycles. The quantitative estimate of drug-likeness (QED) is 0.596. The highest BCUT2D eigenvalue weighted by molar-refractivity contribution is 9.10. The first-order valence-electron chi connectivity index (χ1n) is 8.93. The second-order valence-corrected chi connectivity index (χ2v) is 7.40. The van der Waals surface area contributed by atoms with Gasteiger partial charge in [0.2, 0.25) is 0 Å². The summed E-state index contributed by atoms with van der Waals surface area (Å²) in [6, 6.07) is 7.53. The summed E-state index contributed by atoms with van der Waals surface area (Å²) in [6.45, 7) is 2.76. The molecule has 0 N–H and O–H groups in total. The van der Waals surface area contributed by atoms with Gasteiger partial charge in [-0.15, -0.1) is 0 Å². The van der Waals surface area contributed by atoms with Crippen molar-refractivity contribution in [1.82, 2.24) is 25.0 Å². The summed E-state index contributed by atoms with van der Waals surface area (Å²) < 4.78 is 11.8. The maximum Gasteiger partial charge on any atom is 0.316 e. The highest BCUT2D eigenvalue weighted by atomic mass is 79.9. The number of amides is 1. The SMILES string of the molecule is Cc1noc(-c2ccccc2C(=O)N2CCCC2COc2ncc(Br)cn2)n1. The van der Waals surface area contributed by atoms with Crippen LogP contribution in [-0.4, -0.2) is 50.1 Å². The Kier molecular flexibility index (Phi) is 5.34. The Balaban J connectivity index is 1.52. The summed E-state index contributed by atoms with van der Waals surface area (Å²) in [6.07, 6.45) is 5.04. The van der Waals surface area contributed by atoms with Crippen LogP contribution in [0.4, 0.5) is 0 Å². The Bertz CT molecular complexity index is 976. The minimum atomic E-state index is -0.0747. The Morgan fingerprint density at radius 1 is 1.32 bits per heavy atom. The van der Waals surface area contributed by atoms with Crippen molar-refractivity contribution in [3.8, 4) is 17.5 Å². The van der Waals surface area contributed by atoms with Crippen molar-refractivity contribution < 1.29 is 14.1 Å². The molecule has 1 saturated heterocycles. The summed E-state index contributed by atoms with van der Waals surface area (Å²) in [5.41, 5.74) is 1.17. The number of carbonyl (C=O) groups is 1. The van der Waals surface area contributed by atoms with Gasteiger partial charge in [0.25, 0.3) is 11.8 Å². The lowest BCUT2D eigenvalue weighted by Crippen LogP contribution is -2.39. The van der Waals surface area contributed by atoms with Gasteiger partial charge in [-0.3, -0.25) is 4.79 Å². The molecule has 9 heteroatoms. The smallest absolute Gasteiger partial charge is 0.316 e. The third-order valence-corrected chi connectivity index (χ3v) is 4.96. The van der Waals surface area contributed by atoms with E-state index in [1.807, 2.05) is 23.1 Å². The van der Waals surface area contributed by atoms with E-state index in [1.165, 1.54) is 0 Å². The normalized spacial score (nSPS) is 16.4. The molecule has 1 aromatic carbocycles. The van der Waals surface area contributed by atoms with Gasteiger partial charge in [0.05, 0.1) is 21.6 Å². The molecule has 3 aromatic rings. The molecule has 0 spiro atoms. The predicted molar refractivity (Wildman–Crippen MR) is 104 cm³/mol. The molecule has 0 aliphatic carbocycles. The number of hydrogen-bond donors (Lipinski definition) is 0. The van der Waals surface area contributed by atoms with Gasteiger partial charge in [-0.25, -0.2) is 9.97 Å². The lowest BCUT2D eigenvalue weighted by molar-refractivity contribution is 0.0687. The molecule has 28 heavy (non-hydrogen) atoms. The second-order valence-electron chi connectivity index (χ2n) is 6.48. The van der Waals surface area contributed by atoms with Crippen LogP contribution in [0, 0.1) is 6.92 Å². The van der Waals surface area contributed by atoms with Crippen LogP contribution in [-0.2, 0) is 0 Å². The Morgan fingerprint density at radius 3 is 2.86 bits per heavy atom. The van der Waals surface area contributed by atoms with E-state index >= 15 is 0 Å².